The van der Waals surface area contributed by atoms with Gasteiger partial charge in [0.15, 0.2) is 0 Å². The first-order chi connectivity index (χ1) is 18.3. The van der Waals surface area contributed by atoms with Crippen LogP contribution in [0.4, 0.5) is 5.69 Å². The van der Waals surface area contributed by atoms with Crippen LogP contribution in [-0.2, 0) is 19.1 Å². The van der Waals surface area contributed by atoms with E-state index in [1.54, 1.807) is 24.3 Å². The summed E-state index contributed by atoms with van der Waals surface area (Å²) in [5.41, 5.74) is -0.545. The highest BCUT2D eigenvalue weighted by Gasteiger charge is 2.73. The third-order valence-corrected chi connectivity index (χ3v) is 10.2. The fourth-order valence-corrected chi connectivity index (χ4v) is 7.99. The lowest BCUT2D eigenvalue weighted by molar-refractivity contribution is -0.145. The molecule has 0 radical (unpaired) electrons. The molecule has 2 aliphatic carbocycles. The third-order valence-electron chi connectivity index (χ3n) is 9.96. The highest BCUT2D eigenvalue weighted by atomic mass is 35.5. The number of rotatable bonds is 5. The minimum atomic E-state index is -1.12. The van der Waals surface area contributed by atoms with E-state index >= 15 is 0 Å². The molecule has 6 unspecified atom stereocenters. The maximum Gasteiger partial charge on any atom is 0.246 e. The second kappa shape index (κ2) is 9.98. The van der Waals surface area contributed by atoms with Crippen LogP contribution in [0.3, 0.4) is 0 Å². The summed E-state index contributed by atoms with van der Waals surface area (Å²) < 4.78 is 6.52. The molecule has 6 rings (SSSR count). The minimum absolute atomic E-state index is 0.0117. The number of hydrogen-bond acceptors (Lipinski definition) is 4. The average molecular weight is 540 g/mol. The Bertz CT molecular complexity index is 1150. The summed E-state index contributed by atoms with van der Waals surface area (Å²) in [6, 6.07) is 6.28. The molecule has 2 bridgehead atoms. The van der Waals surface area contributed by atoms with Crippen molar-refractivity contribution in [2.45, 2.75) is 95.0 Å². The van der Waals surface area contributed by atoms with Crippen LogP contribution in [0.15, 0.2) is 36.4 Å². The Hall–Kier alpha value is -2.38. The van der Waals surface area contributed by atoms with Gasteiger partial charge in [0.1, 0.15) is 11.6 Å². The van der Waals surface area contributed by atoms with Crippen molar-refractivity contribution in [1.29, 1.82) is 0 Å². The number of amides is 3. The van der Waals surface area contributed by atoms with Gasteiger partial charge in [-0.15, -0.1) is 0 Å². The summed E-state index contributed by atoms with van der Waals surface area (Å²) in [4.78, 5) is 43.8. The molecule has 3 aliphatic heterocycles. The van der Waals surface area contributed by atoms with Gasteiger partial charge < -0.3 is 20.3 Å². The number of ether oxygens (including phenoxy) is 1. The molecule has 2 saturated carbocycles. The monoisotopic (exact) mass is 539 g/mol. The Morgan fingerprint density at radius 2 is 1.84 bits per heavy atom. The molecule has 1 aromatic rings. The van der Waals surface area contributed by atoms with Crippen LogP contribution in [0, 0.1) is 23.7 Å². The van der Waals surface area contributed by atoms with E-state index in [4.69, 9.17) is 16.3 Å². The lowest BCUT2D eigenvalue weighted by Gasteiger charge is -2.40. The standard InChI is InChI=1S/C30H38ClN3O4/c1-17-8-6-13-22(18(17)2)33-28(36)26-30-15-14-23(38-30)24(27(35)32-20-10-7-9-19(31)16-20)25(30)29(37)34(26)21-11-4-3-5-12-21/h7,9-10,14-18,21-26H,3-6,8,11-13H2,1-2H3,(H,32,35)(H,33,36)/t17?,18?,22?,23-,24?,25-,26?,30?/m0/s1. The molecular formula is C30H38ClN3O4. The molecule has 2 N–H and O–H groups in total. The van der Waals surface area contributed by atoms with Crippen LogP contribution in [0.2, 0.25) is 5.02 Å². The number of carbonyl (C=O) groups is 3. The SMILES string of the molecule is CC1CCCC(NC(=O)C2N(C3CCCCC3)C(=O)[C@@H]3C(C(=O)Nc4cccc(Cl)c4)[C@@H]4C=CC23O4)C1C. The van der Waals surface area contributed by atoms with Gasteiger partial charge in [-0.1, -0.05) is 75.8 Å². The van der Waals surface area contributed by atoms with E-state index < -0.39 is 29.6 Å². The summed E-state index contributed by atoms with van der Waals surface area (Å²) >= 11 is 6.13. The second-order valence-electron chi connectivity index (χ2n) is 12.1. The Morgan fingerprint density at radius 1 is 1.05 bits per heavy atom. The molecule has 8 heteroatoms. The van der Waals surface area contributed by atoms with Gasteiger partial charge in [-0.3, -0.25) is 14.4 Å². The molecule has 2 saturated heterocycles. The molecule has 8 atom stereocenters. The molecule has 3 heterocycles. The molecule has 38 heavy (non-hydrogen) atoms. The number of fused-ring (bicyclic) bond motifs is 1. The quantitative estimate of drug-likeness (QED) is 0.531. The topological polar surface area (TPSA) is 87.7 Å². The van der Waals surface area contributed by atoms with E-state index in [0.717, 1.165) is 44.9 Å². The number of nitrogens with zero attached hydrogens (tertiary/aromatic N) is 1. The average Bonchev–Trinajstić information content (AvgIpc) is 3.54. The van der Waals surface area contributed by atoms with E-state index in [1.807, 2.05) is 17.1 Å². The van der Waals surface area contributed by atoms with Crippen molar-refractivity contribution >= 4 is 35.0 Å². The van der Waals surface area contributed by atoms with Crippen LogP contribution in [0.5, 0.6) is 0 Å². The third kappa shape index (κ3) is 4.17. The van der Waals surface area contributed by atoms with Crippen molar-refractivity contribution in [3.63, 3.8) is 0 Å². The van der Waals surface area contributed by atoms with E-state index in [9.17, 15) is 14.4 Å². The van der Waals surface area contributed by atoms with Crippen molar-refractivity contribution in [1.82, 2.24) is 10.2 Å². The lowest BCUT2D eigenvalue weighted by atomic mass is 9.73. The predicted molar refractivity (Wildman–Crippen MR) is 145 cm³/mol. The first-order valence-electron chi connectivity index (χ1n) is 14.4. The van der Waals surface area contributed by atoms with Crippen molar-refractivity contribution in [2.24, 2.45) is 23.7 Å². The molecule has 1 aromatic carbocycles. The van der Waals surface area contributed by atoms with E-state index in [2.05, 4.69) is 24.5 Å². The Balaban J connectivity index is 1.32. The Labute approximate surface area is 229 Å². The number of benzene rings is 1. The summed E-state index contributed by atoms with van der Waals surface area (Å²) in [7, 11) is 0. The molecule has 1 spiro atoms. The summed E-state index contributed by atoms with van der Waals surface area (Å²) in [6.45, 7) is 4.46. The molecule has 4 fully saturated rings. The van der Waals surface area contributed by atoms with Gasteiger partial charge in [0.25, 0.3) is 0 Å². The van der Waals surface area contributed by atoms with Gasteiger partial charge >= 0.3 is 0 Å². The fourth-order valence-electron chi connectivity index (χ4n) is 7.80. The van der Waals surface area contributed by atoms with Gasteiger partial charge in [-0.25, -0.2) is 0 Å². The Kier molecular flexibility index (Phi) is 6.79. The predicted octanol–water partition coefficient (Wildman–Crippen LogP) is 4.70. The van der Waals surface area contributed by atoms with Gasteiger partial charge in [0.05, 0.1) is 17.9 Å². The van der Waals surface area contributed by atoms with Gasteiger partial charge in [-0.2, -0.15) is 0 Å². The zero-order chi connectivity index (χ0) is 26.6. The lowest BCUT2D eigenvalue weighted by Crippen LogP contribution is -2.59. The first-order valence-corrected chi connectivity index (χ1v) is 14.7. The van der Waals surface area contributed by atoms with Crippen molar-refractivity contribution in [3.8, 4) is 0 Å². The number of nitrogens with one attached hydrogen (secondary N) is 2. The van der Waals surface area contributed by atoms with Crippen LogP contribution >= 0.6 is 11.6 Å². The van der Waals surface area contributed by atoms with Crippen molar-refractivity contribution in [2.75, 3.05) is 5.32 Å². The fraction of sp³-hybridized carbons (Fsp3) is 0.633. The number of carbonyl (C=O) groups excluding carboxylic acids is 3. The molecular weight excluding hydrogens is 502 g/mol. The maximum atomic E-state index is 14.2. The molecule has 204 valence electrons. The smallest absolute Gasteiger partial charge is 0.246 e. The van der Waals surface area contributed by atoms with Gasteiger partial charge in [0, 0.05) is 22.8 Å². The van der Waals surface area contributed by atoms with Gasteiger partial charge in [-0.05, 0) is 49.3 Å². The summed E-state index contributed by atoms with van der Waals surface area (Å²) in [6.07, 6.45) is 11.4. The number of halogens is 1. The van der Waals surface area contributed by atoms with Crippen LogP contribution in [-0.4, -0.2) is 52.5 Å². The maximum absolute atomic E-state index is 14.2. The number of anilines is 1. The normalized spacial score (nSPS) is 38.3. The highest BCUT2D eigenvalue weighted by Crippen LogP contribution is 2.56. The van der Waals surface area contributed by atoms with Crippen molar-refractivity contribution < 1.29 is 19.1 Å². The molecule has 0 aromatic heterocycles. The van der Waals surface area contributed by atoms with E-state index in [0.29, 0.717) is 22.5 Å². The number of hydrogen-bond donors (Lipinski definition) is 2. The van der Waals surface area contributed by atoms with Crippen LogP contribution in [0.25, 0.3) is 0 Å². The molecule has 5 aliphatic rings. The molecule has 3 amide bonds. The van der Waals surface area contributed by atoms with Crippen molar-refractivity contribution in [3.05, 3.63) is 41.4 Å². The minimum Gasteiger partial charge on any atom is -0.359 e. The zero-order valence-corrected chi connectivity index (χ0v) is 23.0. The van der Waals surface area contributed by atoms with E-state index in [-0.39, 0.29) is 29.8 Å². The van der Waals surface area contributed by atoms with Crippen LogP contribution < -0.4 is 10.6 Å². The largest absolute Gasteiger partial charge is 0.359 e. The molecule has 7 nitrogen and oxygen atoms in total. The van der Waals surface area contributed by atoms with Crippen LogP contribution in [0.1, 0.15) is 65.2 Å². The highest BCUT2D eigenvalue weighted by molar-refractivity contribution is 6.30. The number of likely N-dealkylation sites (tertiary alicyclic amines) is 1. The first kappa shape index (κ1) is 25.9. The van der Waals surface area contributed by atoms with E-state index in [1.165, 1.54) is 6.42 Å². The summed E-state index contributed by atoms with van der Waals surface area (Å²) in [5, 5.41) is 6.81. The zero-order valence-electron chi connectivity index (χ0n) is 22.2. The Morgan fingerprint density at radius 3 is 2.61 bits per heavy atom. The van der Waals surface area contributed by atoms with Gasteiger partial charge in [0.2, 0.25) is 17.7 Å². The summed E-state index contributed by atoms with van der Waals surface area (Å²) in [5.74, 6) is -1.06. The second-order valence-corrected chi connectivity index (χ2v) is 12.6.